The van der Waals surface area contributed by atoms with Gasteiger partial charge >= 0.3 is 16.3 Å². The predicted molar refractivity (Wildman–Crippen MR) is 177 cm³/mol. The third kappa shape index (κ3) is 8.76. The van der Waals surface area contributed by atoms with Crippen molar-refractivity contribution < 1.29 is 42.0 Å². The number of hydrogen-bond donors (Lipinski definition) is 6. The van der Waals surface area contributed by atoms with E-state index >= 15 is 0 Å². The molecule has 5 rings (SSSR count). The number of Topliss-reactive ketones (excluding diaryl/α,β-unsaturated/α-hetero) is 1. The number of thiazole rings is 1. The number of β-lactam (4-membered cyclic amide) rings is 1. The van der Waals surface area contributed by atoms with E-state index in [-0.39, 0.29) is 34.3 Å². The average Bonchev–Trinajstić information content (AvgIpc) is 3.73. The van der Waals surface area contributed by atoms with Gasteiger partial charge in [0.05, 0.1) is 36.4 Å². The minimum atomic E-state index is -4.99. The Morgan fingerprint density at radius 3 is 2.52 bits per heavy atom. The second-order valence-electron chi connectivity index (χ2n) is 11.3. The zero-order valence-corrected chi connectivity index (χ0v) is 28.0. The molecular formula is C28H35N11O9S2. The van der Waals surface area contributed by atoms with Gasteiger partial charge in [0.2, 0.25) is 5.91 Å². The van der Waals surface area contributed by atoms with E-state index in [0.717, 1.165) is 42.1 Å². The molecule has 0 spiro atoms. The predicted octanol–water partition coefficient (Wildman–Crippen LogP) is -1.23. The highest BCUT2D eigenvalue weighted by atomic mass is 32.2. The van der Waals surface area contributed by atoms with E-state index in [1.165, 1.54) is 11.6 Å². The molecule has 0 saturated carbocycles. The van der Waals surface area contributed by atoms with E-state index < -0.39 is 64.8 Å². The van der Waals surface area contributed by atoms with E-state index in [1.54, 1.807) is 24.3 Å². The summed E-state index contributed by atoms with van der Waals surface area (Å²) in [5, 5.41) is 26.3. The van der Waals surface area contributed by atoms with Crippen LogP contribution in [0.15, 0.2) is 46.0 Å². The second-order valence-corrected chi connectivity index (χ2v) is 13.5. The van der Waals surface area contributed by atoms with Crippen LogP contribution < -0.4 is 27.3 Å². The third-order valence-electron chi connectivity index (χ3n) is 7.85. The molecule has 3 atom stereocenters. The smallest absolute Gasteiger partial charge is 0.362 e. The van der Waals surface area contributed by atoms with Gasteiger partial charge in [-0.15, -0.1) is 11.3 Å². The van der Waals surface area contributed by atoms with E-state index in [1.807, 2.05) is 0 Å². The number of oxime groups is 1. The molecule has 22 heteroatoms. The Morgan fingerprint density at radius 2 is 1.92 bits per heavy atom. The lowest BCUT2D eigenvalue weighted by molar-refractivity contribution is -0.152. The quantitative estimate of drug-likeness (QED) is 0.0330. The Bertz CT molecular complexity index is 1870. The largest absolute Gasteiger partial charge is 0.489 e. The molecule has 268 valence electrons. The van der Waals surface area contributed by atoms with Gasteiger partial charge in [0, 0.05) is 23.9 Å². The number of amidine groups is 1. The number of carbonyl (C=O) groups excluding carboxylic acids is 2. The highest BCUT2D eigenvalue weighted by Crippen LogP contribution is 2.33. The lowest BCUT2D eigenvalue weighted by Crippen LogP contribution is -2.64. The molecule has 3 aromatic rings. The fourth-order valence-electron chi connectivity index (χ4n) is 5.26. The standard InChI is InChI=1S/C28H35N11O9S2/c29-10-17-11-33-38(36-17)12-21-19(26(41)39(21)50(44,45)46)9-22(40)24(20-14-49-28(31)35-20)37-48-23(27(42)43)13-47-18-3-1-15(2-4-18)25(30)34-16-5-7-32-8-6-16/h1-4,11,14,16,19,21,23,32H,5-10,12-13,29H2,(H2,30,34)(H2,31,35)(H,42,43)(H,44,45,46)/b37-24-/t19-,21+,23-/m0/s1. The van der Waals surface area contributed by atoms with Gasteiger partial charge in [-0.3, -0.25) is 19.1 Å². The van der Waals surface area contributed by atoms with Crippen LogP contribution in [-0.2, 0) is 42.6 Å². The molecule has 50 heavy (non-hydrogen) atoms. The summed E-state index contributed by atoms with van der Waals surface area (Å²) in [4.78, 5) is 53.4. The number of aliphatic imine (C=N–C) groups is 1. The molecule has 0 bridgehead atoms. The van der Waals surface area contributed by atoms with Crippen molar-refractivity contribution in [3.05, 3.63) is 52.8 Å². The molecule has 2 aliphatic rings. The number of nitrogen functional groups attached to an aromatic ring is 1. The number of aliphatic carboxylic acids is 1. The molecule has 0 radical (unpaired) electrons. The van der Waals surface area contributed by atoms with Crippen LogP contribution in [0.5, 0.6) is 5.75 Å². The molecule has 20 nitrogen and oxygen atoms in total. The minimum Gasteiger partial charge on any atom is -0.489 e. The van der Waals surface area contributed by atoms with Crippen LogP contribution in [-0.4, -0.2) is 109 Å². The molecule has 0 aliphatic carbocycles. The van der Waals surface area contributed by atoms with E-state index in [4.69, 9.17) is 26.8 Å². The van der Waals surface area contributed by atoms with Crippen LogP contribution >= 0.6 is 11.3 Å². The molecule has 0 unspecified atom stereocenters. The molecule has 9 N–H and O–H groups in total. The molecular weight excluding hydrogens is 699 g/mol. The van der Waals surface area contributed by atoms with Crippen molar-refractivity contribution in [2.75, 3.05) is 25.4 Å². The van der Waals surface area contributed by atoms with Gasteiger partial charge < -0.3 is 37.2 Å². The maximum absolute atomic E-state index is 13.6. The van der Waals surface area contributed by atoms with E-state index in [2.05, 4.69) is 30.6 Å². The zero-order valence-electron chi connectivity index (χ0n) is 26.4. The summed E-state index contributed by atoms with van der Waals surface area (Å²) < 4.78 is 39.4. The Morgan fingerprint density at radius 1 is 1.20 bits per heavy atom. The van der Waals surface area contributed by atoms with Crippen LogP contribution in [0.1, 0.15) is 36.2 Å². The number of rotatable bonds is 16. The van der Waals surface area contributed by atoms with Gasteiger partial charge in [0.15, 0.2) is 16.6 Å². The topological polar surface area (TPSA) is 306 Å². The van der Waals surface area contributed by atoms with Gasteiger partial charge in [-0.1, -0.05) is 5.16 Å². The van der Waals surface area contributed by atoms with Crippen LogP contribution in [0.2, 0.25) is 0 Å². The summed E-state index contributed by atoms with van der Waals surface area (Å²) >= 11 is 0.960. The number of carboxylic acid groups (broad SMARTS) is 1. The number of ether oxygens (including phenoxy) is 1. The SMILES string of the molecule is NCc1cnn(C[C@@H]2[C@H](CC(=O)/C(=N\O[C@@H](COc3ccc(C(N)=NC4CCNCC4)cc3)C(=O)O)c3csc(N)n3)C(=O)N2S(=O)(=O)O)n1. The van der Waals surface area contributed by atoms with Crippen molar-refractivity contribution in [2.45, 2.75) is 50.5 Å². The molecule has 1 aromatic carbocycles. The Hall–Kier alpha value is -5.03. The summed E-state index contributed by atoms with van der Waals surface area (Å²) in [6, 6.07) is 5.43. The summed E-state index contributed by atoms with van der Waals surface area (Å²) in [6.45, 7) is 0.966. The highest BCUT2D eigenvalue weighted by Gasteiger charge is 2.54. The van der Waals surface area contributed by atoms with Gasteiger partial charge in [-0.25, -0.2) is 14.1 Å². The number of nitrogens with zero attached hydrogens (tertiary/aromatic N) is 7. The zero-order chi connectivity index (χ0) is 36.0. The van der Waals surface area contributed by atoms with Crippen molar-refractivity contribution in [3.8, 4) is 5.75 Å². The van der Waals surface area contributed by atoms with Gasteiger partial charge in [-0.2, -0.15) is 23.4 Å². The Balaban J connectivity index is 1.28. The first-order valence-corrected chi connectivity index (χ1v) is 17.5. The van der Waals surface area contributed by atoms with E-state index in [9.17, 15) is 32.5 Å². The number of aromatic nitrogens is 4. The van der Waals surface area contributed by atoms with Crippen molar-refractivity contribution in [1.29, 1.82) is 0 Å². The first-order chi connectivity index (χ1) is 23.8. The number of hydrogen-bond acceptors (Lipinski definition) is 16. The van der Waals surface area contributed by atoms with Crippen molar-refractivity contribution in [3.63, 3.8) is 0 Å². The molecule has 2 saturated heterocycles. The molecule has 1 amide bonds. The van der Waals surface area contributed by atoms with Crippen molar-refractivity contribution in [1.82, 2.24) is 29.6 Å². The molecule has 2 aliphatic heterocycles. The van der Waals surface area contributed by atoms with Crippen molar-refractivity contribution >= 4 is 56.0 Å². The number of anilines is 1. The van der Waals surface area contributed by atoms with Crippen molar-refractivity contribution in [2.24, 2.45) is 27.5 Å². The third-order valence-corrected chi connectivity index (χ3v) is 9.48. The number of nitrogens with one attached hydrogen (secondary N) is 1. The Kier molecular flexibility index (Phi) is 11.4. The number of piperidine rings is 1. The first kappa shape index (κ1) is 36.3. The first-order valence-electron chi connectivity index (χ1n) is 15.2. The maximum Gasteiger partial charge on any atom is 0.362 e. The summed E-state index contributed by atoms with van der Waals surface area (Å²) in [5.74, 6) is -3.96. The summed E-state index contributed by atoms with van der Waals surface area (Å²) in [7, 11) is -4.99. The van der Waals surface area contributed by atoms with E-state index in [0.29, 0.717) is 22.8 Å². The maximum atomic E-state index is 13.6. The monoisotopic (exact) mass is 733 g/mol. The number of amides is 1. The normalized spacial score (nSPS) is 19.6. The number of carboxylic acids is 1. The summed E-state index contributed by atoms with van der Waals surface area (Å²) in [5.41, 5.74) is 18.0. The highest BCUT2D eigenvalue weighted by molar-refractivity contribution is 7.84. The lowest BCUT2D eigenvalue weighted by atomic mass is 9.84. The fourth-order valence-corrected chi connectivity index (χ4v) is 6.73. The van der Waals surface area contributed by atoms with Crippen LogP contribution in [0.3, 0.4) is 0 Å². The molecule has 4 heterocycles. The average molecular weight is 734 g/mol. The van der Waals surface area contributed by atoms with Gasteiger partial charge in [-0.05, 0) is 50.2 Å². The number of benzene rings is 1. The minimum absolute atomic E-state index is 0.0436. The number of nitrogens with two attached hydrogens (primary N) is 3. The van der Waals surface area contributed by atoms with Crippen LogP contribution in [0.4, 0.5) is 5.13 Å². The number of ketones is 1. The molecule has 2 fully saturated rings. The summed E-state index contributed by atoms with van der Waals surface area (Å²) in [6.07, 6.45) is 0.791. The van der Waals surface area contributed by atoms with Gasteiger partial charge in [0.25, 0.3) is 6.10 Å². The number of carbonyl (C=O) groups is 3. The van der Waals surface area contributed by atoms with Gasteiger partial charge in [0.1, 0.15) is 23.9 Å². The van der Waals surface area contributed by atoms with Crippen LogP contribution in [0, 0.1) is 5.92 Å². The lowest BCUT2D eigenvalue weighted by Gasteiger charge is -2.43. The van der Waals surface area contributed by atoms with Crippen LogP contribution in [0.25, 0.3) is 0 Å². The Labute approximate surface area is 289 Å². The molecule has 2 aromatic heterocycles. The second kappa shape index (κ2) is 15.7. The fraction of sp³-hybridized carbons (Fsp3) is 0.429.